The van der Waals surface area contributed by atoms with Gasteiger partial charge in [-0.05, 0) is 66.8 Å². The maximum Gasteiger partial charge on any atom is 0.255 e. The number of nitrogens with one attached hydrogen (secondary N) is 2. The summed E-state index contributed by atoms with van der Waals surface area (Å²) in [6, 6.07) is 13.2. The van der Waals surface area contributed by atoms with Gasteiger partial charge in [-0.1, -0.05) is 12.5 Å². The number of fused-ring (bicyclic) bond motifs is 1. The van der Waals surface area contributed by atoms with Gasteiger partial charge in [-0.25, -0.2) is 0 Å². The second-order valence-corrected chi connectivity index (χ2v) is 7.07. The van der Waals surface area contributed by atoms with Crippen LogP contribution in [0.3, 0.4) is 0 Å². The number of hydrogen-bond acceptors (Lipinski definition) is 4. The highest BCUT2D eigenvalue weighted by Gasteiger charge is 2.24. The van der Waals surface area contributed by atoms with Gasteiger partial charge in [0.15, 0.2) is 0 Å². The summed E-state index contributed by atoms with van der Waals surface area (Å²) in [5.74, 6) is 0.605. The largest absolute Gasteiger partial charge is 0.488 e. The molecule has 26 heavy (non-hydrogen) atoms. The maximum absolute atomic E-state index is 12.5. The highest BCUT2D eigenvalue weighted by atomic mass is 16.5. The van der Waals surface area contributed by atoms with Crippen LogP contribution in [0, 0.1) is 0 Å². The average Bonchev–Trinajstić information content (AvgIpc) is 3.13. The molecule has 5 nitrogen and oxygen atoms in total. The Kier molecular flexibility index (Phi) is 4.91. The number of benzene rings is 2. The first-order chi connectivity index (χ1) is 12.7. The predicted octanol–water partition coefficient (Wildman–Crippen LogP) is 3.22. The zero-order chi connectivity index (χ0) is 17.9. The van der Waals surface area contributed by atoms with Crippen LogP contribution in [0.1, 0.15) is 47.2 Å². The SMILES string of the molecule is O=C(Nc1ccc(OC2CCCCC2O)cc1)c1ccc2c(c1)CNC2. The van der Waals surface area contributed by atoms with Crippen LogP contribution in [-0.4, -0.2) is 23.2 Å². The van der Waals surface area contributed by atoms with E-state index in [0.717, 1.165) is 50.2 Å². The van der Waals surface area contributed by atoms with Crippen LogP contribution in [0.2, 0.25) is 0 Å². The number of ether oxygens (including phenoxy) is 1. The summed E-state index contributed by atoms with van der Waals surface area (Å²) in [5, 5.41) is 16.2. The lowest BCUT2D eigenvalue weighted by Crippen LogP contribution is -2.34. The minimum Gasteiger partial charge on any atom is -0.488 e. The Morgan fingerprint density at radius 2 is 1.81 bits per heavy atom. The van der Waals surface area contributed by atoms with E-state index in [-0.39, 0.29) is 12.0 Å². The van der Waals surface area contributed by atoms with E-state index < -0.39 is 6.10 Å². The lowest BCUT2D eigenvalue weighted by molar-refractivity contribution is 0.00688. The van der Waals surface area contributed by atoms with Gasteiger partial charge in [0.25, 0.3) is 5.91 Å². The molecule has 2 aromatic carbocycles. The zero-order valence-corrected chi connectivity index (χ0v) is 14.7. The number of rotatable bonds is 4. The molecule has 1 amide bonds. The Hall–Kier alpha value is -2.37. The van der Waals surface area contributed by atoms with E-state index in [0.29, 0.717) is 5.56 Å². The number of aliphatic hydroxyl groups excluding tert-OH is 1. The number of carbonyl (C=O) groups excluding carboxylic acids is 1. The highest BCUT2D eigenvalue weighted by Crippen LogP contribution is 2.25. The predicted molar refractivity (Wildman–Crippen MR) is 100 cm³/mol. The number of anilines is 1. The van der Waals surface area contributed by atoms with Gasteiger partial charge in [0.05, 0.1) is 6.10 Å². The molecule has 2 unspecified atom stereocenters. The minimum absolute atomic E-state index is 0.115. The Morgan fingerprint density at radius 1 is 1.04 bits per heavy atom. The van der Waals surface area contributed by atoms with Gasteiger partial charge >= 0.3 is 0 Å². The Morgan fingerprint density at radius 3 is 2.62 bits per heavy atom. The van der Waals surface area contributed by atoms with Crippen molar-refractivity contribution < 1.29 is 14.6 Å². The fraction of sp³-hybridized carbons (Fsp3) is 0.381. The first-order valence-corrected chi connectivity index (χ1v) is 9.28. The summed E-state index contributed by atoms with van der Waals surface area (Å²) in [5.41, 5.74) is 3.84. The third-order valence-corrected chi connectivity index (χ3v) is 5.17. The Labute approximate surface area is 153 Å². The van der Waals surface area contributed by atoms with Crippen molar-refractivity contribution in [2.75, 3.05) is 5.32 Å². The van der Waals surface area contributed by atoms with E-state index in [1.54, 1.807) is 0 Å². The lowest BCUT2D eigenvalue weighted by Gasteiger charge is -2.28. The molecule has 0 bridgehead atoms. The van der Waals surface area contributed by atoms with Crippen molar-refractivity contribution in [2.24, 2.45) is 0 Å². The van der Waals surface area contributed by atoms with Crippen LogP contribution in [0.15, 0.2) is 42.5 Å². The lowest BCUT2D eigenvalue weighted by atomic mass is 9.95. The van der Waals surface area contributed by atoms with Gasteiger partial charge < -0.3 is 20.5 Å². The molecule has 4 rings (SSSR count). The summed E-state index contributed by atoms with van der Waals surface area (Å²) >= 11 is 0. The van der Waals surface area contributed by atoms with Crippen molar-refractivity contribution in [3.63, 3.8) is 0 Å². The van der Waals surface area contributed by atoms with E-state index >= 15 is 0 Å². The standard InChI is InChI=1S/C21H24N2O3/c24-19-3-1-2-4-20(19)26-18-9-7-17(8-10-18)23-21(25)14-5-6-15-12-22-13-16(15)11-14/h5-11,19-20,22,24H,1-4,12-13H2,(H,23,25). The Bertz CT molecular complexity index is 788. The minimum atomic E-state index is -0.391. The molecular weight excluding hydrogens is 328 g/mol. The number of aliphatic hydroxyl groups is 1. The maximum atomic E-state index is 12.5. The van der Waals surface area contributed by atoms with E-state index in [1.807, 2.05) is 42.5 Å². The number of hydrogen-bond donors (Lipinski definition) is 3. The molecule has 0 saturated heterocycles. The highest BCUT2D eigenvalue weighted by molar-refractivity contribution is 6.04. The van der Waals surface area contributed by atoms with Crippen molar-refractivity contribution in [1.82, 2.24) is 5.32 Å². The summed E-state index contributed by atoms with van der Waals surface area (Å²) in [6.07, 6.45) is 3.31. The Balaban J connectivity index is 1.38. The van der Waals surface area contributed by atoms with E-state index in [4.69, 9.17) is 4.74 Å². The number of carbonyl (C=O) groups is 1. The molecular formula is C21H24N2O3. The first kappa shape index (κ1) is 17.1. The summed E-state index contributed by atoms with van der Waals surface area (Å²) in [7, 11) is 0. The van der Waals surface area contributed by atoms with Gasteiger partial charge in [-0.3, -0.25) is 4.79 Å². The quantitative estimate of drug-likeness (QED) is 0.790. The van der Waals surface area contributed by atoms with Crippen LogP contribution < -0.4 is 15.4 Å². The average molecular weight is 352 g/mol. The molecule has 3 N–H and O–H groups in total. The summed E-state index contributed by atoms with van der Waals surface area (Å²) in [4.78, 5) is 12.5. The molecule has 0 radical (unpaired) electrons. The monoisotopic (exact) mass is 352 g/mol. The second-order valence-electron chi connectivity index (χ2n) is 7.07. The molecule has 5 heteroatoms. The smallest absolute Gasteiger partial charge is 0.255 e. The van der Waals surface area contributed by atoms with Crippen molar-refractivity contribution in [3.8, 4) is 5.75 Å². The van der Waals surface area contributed by atoms with Gasteiger partial charge in [-0.15, -0.1) is 0 Å². The van der Waals surface area contributed by atoms with Gasteiger partial charge in [-0.2, -0.15) is 0 Å². The molecule has 2 aromatic rings. The molecule has 1 saturated carbocycles. The van der Waals surface area contributed by atoms with Crippen LogP contribution in [0.5, 0.6) is 5.75 Å². The van der Waals surface area contributed by atoms with Crippen molar-refractivity contribution >= 4 is 11.6 Å². The van der Waals surface area contributed by atoms with E-state index in [1.165, 1.54) is 11.1 Å². The summed E-state index contributed by atoms with van der Waals surface area (Å²) < 4.78 is 5.89. The van der Waals surface area contributed by atoms with Crippen molar-refractivity contribution in [1.29, 1.82) is 0 Å². The van der Waals surface area contributed by atoms with Gasteiger partial charge in [0, 0.05) is 24.3 Å². The van der Waals surface area contributed by atoms with Gasteiger partial charge in [0.2, 0.25) is 0 Å². The second kappa shape index (κ2) is 7.48. The third kappa shape index (κ3) is 3.74. The van der Waals surface area contributed by atoms with Crippen LogP contribution in [0.4, 0.5) is 5.69 Å². The van der Waals surface area contributed by atoms with E-state index in [2.05, 4.69) is 10.6 Å². The number of amides is 1. The molecule has 0 aromatic heterocycles. The van der Waals surface area contributed by atoms with E-state index in [9.17, 15) is 9.90 Å². The normalized spacial score (nSPS) is 21.9. The molecule has 1 aliphatic carbocycles. The molecule has 1 fully saturated rings. The summed E-state index contributed by atoms with van der Waals surface area (Å²) in [6.45, 7) is 1.68. The van der Waals surface area contributed by atoms with Crippen LogP contribution >= 0.6 is 0 Å². The molecule has 136 valence electrons. The fourth-order valence-corrected chi connectivity index (χ4v) is 3.65. The zero-order valence-electron chi connectivity index (χ0n) is 14.7. The first-order valence-electron chi connectivity index (χ1n) is 9.28. The molecule has 2 atom stereocenters. The topological polar surface area (TPSA) is 70.6 Å². The fourth-order valence-electron chi connectivity index (χ4n) is 3.65. The molecule has 2 aliphatic rings. The van der Waals surface area contributed by atoms with Crippen LogP contribution in [-0.2, 0) is 13.1 Å². The molecule has 1 aliphatic heterocycles. The van der Waals surface area contributed by atoms with Gasteiger partial charge in [0.1, 0.15) is 11.9 Å². The molecule has 0 spiro atoms. The third-order valence-electron chi connectivity index (χ3n) is 5.17. The molecule has 1 heterocycles. The van der Waals surface area contributed by atoms with Crippen molar-refractivity contribution in [2.45, 2.75) is 51.0 Å². The van der Waals surface area contributed by atoms with Crippen LogP contribution in [0.25, 0.3) is 0 Å². The van der Waals surface area contributed by atoms with Crippen molar-refractivity contribution in [3.05, 3.63) is 59.2 Å².